The van der Waals surface area contributed by atoms with Gasteiger partial charge in [0.05, 0.1) is 0 Å². The molecule has 0 bridgehead atoms. The van der Waals surface area contributed by atoms with Crippen molar-refractivity contribution in [3.63, 3.8) is 0 Å². The van der Waals surface area contributed by atoms with Crippen molar-refractivity contribution in [1.82, 2.24) is 0 Å². The van der Waals surface area contributed by atoms with E-state index < -0.39 is 5.18 Å². The molecule has 0 amide bonds. The second kappa shape index (κ2) is 2.85. The van der Waals surface area contributed by atoms with Crippen LogP contribution in [-0.4, -0.2) is 5.11 Å². The average molecular weight is 176 g/mol. The molecule has 62 valence electrons. The Bertz CT molecular complexity index is 239. The number of nitrogens with two attached hydrogens (primary N) is 1. The summed E-state index contributed by atoms with van der Waals surface area (Å²) in [6.07, 6.45) is 0.757. The predicted molar refractivity (Wildman–Crippen MR) is 42.0 cm³/mol. The standard InChI is InChI=1S/C7H10ClNO2/c1-2-5-3-4-6(11-5)7(8,9)10/h3-4,10H,2,9H2,1H3. The molecule has 1 atom stereocenters. The molecule has 3 N–H and O–H groups in total. The molecule has 0 aliphatic carbocycles. The van der Waals surface area contributed by atoms with Crippen LogP contribution in [0.4, 0.5) is 0 Å². The maximum Gasteiger partial charge on any atom is 0.251 e. The number of furan rings is 1. The van der Waals surface area contributed by atoms with Crippen LogP contribution in [-0.2, 0) is 11.6 Å². The number of aliphatic hydroxyl groups is 1. The molecule has 1 aromatic heterocycles. The topological polar surface area (TPSA) is 59.4 Å². The zero-order valence-corrected chi connectivity index (χ0v) is 6.93. The van der Waals surface area contributed by atoms with E-state index in [2.05, 4.69) is 0 Å². The maximum absolute atomic E-state index is 9.05. The molecule has 0 saturated heterocycles. The van der Waals surface area contributed by atoms with Gasteiger partial charge in [0.2, 0.25) is 0 Å². The van der Waals surface area contributed by atoms with E-state index in [1.165, 1.54) is 0 Å². The van der Waals surface area contributed by atoms with E-state index in [1.807, 2.05) is 6.92 Å². The van der Waals surface area contributed by atoms with Crippen molar-refractivity contribution >= 4 is 11.6 Å². The van der Waals surface area contributed by atoms with Gasteiger partial charge >= 0.3 is 0 Å². The molecular weight excluding hydrogens is 166 g/mol. The van der Waals surface area contributed by atoms with Crippen LogP contribution in [0.15, 0.2) is 16.5 Å². The van der Waals surface area contributed by atoms with Gasteiger partial charge in [-0.25, -0.2) is 0 Å². The summed E-state index contributed by atoms with van der Waals surface area (Å²) in [4.78, 5) is 0. The van der Waals surface area contributed by atoms with Crippen molar-refractivity contribution in [2.24, 2.45) is 5.73 Å². The summed E-state index contributed by atoms with van der Waals surface area (Å²) < 4.78 is 5.09. The second-order valence-corrected chi connectivity index (χ2v) is 2.87. The number of halogens is 1. The van der Waals surface area contributed by atoms with E-state index >= 15 is 0 Å². The van der Waals surface area contributed by atoms with Crippen molar-refractivity contribution in [2.45, 2.75) is 18.5 Å². The minimum Gasteiger partial charge on any atom is -0.460 e. The van der Waals surface area contributed by atoms with E-state index in [1.54, 1.807) is 12.1 Å². The Kier molecular flexibility index (Phi) is 2.23. The summed E-state index contributed by atoms with van der Waals surface area (Å²) in [6, 6.07) is 3.29. The second-order valence-electron chi connectivity index (χ2n) is 2.29. The third-order valence-electron chi connectivity index (χ3n) is 1.36. The van der Waals surface area contributed by atoms with Gasteiger partial charge in [0.15, 0.2) is 5.76 Å². The third-order valence-corrected chi connectivity index (χ3v) is 1.54. The van der Waals surface area contributed by atoms with E-state index in [-0.39, 0.29) is 5.76 Å². The van der Waals surface area contributed by atoms with Gasteiger partial charge in [-0.1, -0.05) is 18.5 Å². The molecule has 3 nitrogen and oxygen atoms in total. The predicted octanol–water partition coefficient (Wildman–Crippen LogP) is 1.14. The van der Waals surface area contributed by atoms with E-state index in [0.29, 0.717) is 0 Å². The Balaban J connectivity index is 2.89. The summed E-state index contributed by atoms with van der Waals surface area (Å²) in [6.45, 7) is 1.94. The van der Waals surface area contributed by atoms with Crippen LogP contribution in [0.3, 0.4) is 0 Å². The lowest BCUT2D eigenvalue weighted by atomic mass is 10.3. The number of aryl methyl sites for hydroxylation is 1. The lowest BCUT2D eigenvalue weighted by Crippen LogP contribution is -2.28. The van der Waals surface area contributed by atoms with Gasteiger partial charge in [0.25, 0.3) is 5.18 Å². The smallest absolute Gasteiger partial charge is 0.251 e. The van der Waals surface area contributed by atoms with Crippen LogP contribution in [0.1, 0.15) is 18.4 Å². The Hall–Kier alpha value is -0.510. The fraction of sp³-hybridized carbons (Fsp3) is 0.429. The molecular formula is C7H10ClNO2. The summed E-state index contributed by atoms with van der Waals surface area (Å²) in [5.74, 6) is 0.931. The third kappa shape index (κ3) is 1.96. The quantitative estimate of drug-likeness (QED) is 0.403. The Morgan fingerprint density at radius 1 is 1.73 bits per heavy atom. The fourth-order valence-corrected chi connectivity index (χ4v) is 0.858. The van der Waals surface area contributed by atoms with Crippen LogP contribution in [0, 0.1) is 0 Å². The van der Waals surface area contributed by atoms with Crippen LogP contribution in [0.5, 0.6) is 0 Å². The average Bonchev–Trinajstić information content (AvgIpc) is 2.32. The van der Waals surface area contributed by atoms with Gasteiger partial charge in [-0.3, -0.25) is 5.73 Å². The molecule has 1 heterocycles. The van der Waals surface area contributed by atoms with Gasteiger partial charge in [0.1, 0.15) is 5.76 Å². The van der Waals surface area contributed by atoms with Gasteiger partial charge in [-0.2, -0.15) is 0 Å². The van der Waals surface area contributed by atoms with Crippen molar-refractivity contribution in [3.05, 3.63) is 23.7 Å². The summed E-state index contributed by atoms with van der Waals surface area (Å²) in [7, 11) is 0. The number of hydrogen-bond donors (Lipinski definition) is 2. The number of alkyl halides is 1. The molecule has 0 aromatic carbocycles. The molecule has 0 saturated carbocycles. The summed E-state index contributed by atoms with van der Waals surface area (Å²) in [5, 5.41) is 7.17. The minimum atomic E-state index is -1.88. The first-order valence-corrected chi connectivity index (χ1v) is 3.71. The van der Waals surface area contributed by atoms with Gasteiger partial charge in [0, 0.05) is 6.42 Å². The van der Waals surface area contributed by atoms with E-state index in [9.17, 15) is 0 Å². The molecule has 1 aromatic rings. The molecule has 0 spiro atoms. The first kappa shape index (κ1) is 8.59. The van der Waals surface area contributed by atoms with E-state index in [4.69, 9.17) is 26.9 Å². The van der Waals surface area contributed by atoms with E-state index in [0.717, 1.165) is 12.2 Å². The monoisotopic (exact) mass is 175 g/mol. The van der Waals surface area contributed by atoms with Crippen molar-refractivity contribution in [2.75, 3.05) is 0 Å². The molecule has 1 rings (SSSR count). The van der Waals surface area contributed by atoms with Gasteiger partial charge < -0.3 is 9.52 Å². The molecule has 0 aliphatic rings. The molecule has 4 heteroatoms. The minimum absolute atomic E-state index is 0.177. The Morgan fingerprint density at radius 3 is 2.64 bits per heavy atom. The first-order chi connectivity index (χ1) is 5.04. The first-order valence-electron chi connectivity index (χ1n) is 3.33. The molecule has 0 radical (unpaired) electrons. The van der Waals surface area contributed by atoms with Crippen molar-refractivity contribution in [3.8, 4) is 0 Å². The SMILES string of the molecule is CCc1ccc(C(N)(O)Cl)o1. The Labute approximate surface area is 69.8 Å². The number of rotatable bonds is 2. The molecule has 0 fully saturated rings. The van der Waals surface area contributed by atoms with Crippen LogP contribution in [0.25, 0.3) is 0 Å². The molecule has 11 heavy (non-hydrogen) atoms. The maximum atomic E-state index is 9.05. The fourth-order valence-electron chi connectivity index (χ4n) is 0.756. The Morgan fingerprint density at radius 2 is 2.36 bits per heavy atom. The van der Waals surface area contributed by atoms with Crippen LogP contribution < -0.4 is 5.73 Å². The molecule has 0 aliphatic heterocycles. The lowest BCUT2D eigenvalue weighted by Gasteiger charge is -2.09. The highest BCUT2D eigenvalue weighted by Crippen LogP contribution is 2.21. The zero-order valence-electron chi connectivity index (χ0n) is 6.17. The highest BCUT2D eigenvalue weighted by atomic mass is 35.5. The normalized spacial score (nSPS) is 16.4. The zero-order chi connectivity index (χ0) is 8.48. The van der Waals surface area contributed by atoms with Crippen molar-refractivity contribution < 1.29 is 9.52 Å². The largest absolute Gasteiger partial charge is 0.460 e. The highest BCUT2D eigenvalue weighted by molar-refractivity contribution is 6.22. The van der Waals surface area contributed by atoms with Crippen LogP contribution >= 0.6 is 11.6 Å². The van der Waals surface area contributed by atoms with Gasteiger partial charge in [-0.05, 0) is 12.1 Å². The summed E-state index contributed by atoms with van der Waals surface area (Å²) in [5.41, 5.74) is 5.15. The van der Waals surface area contributed by atoms with Crippen LogP contribution in [0.2, 0.25) is 0 Å². The summed E-state index contributed by atoms with van der Waals surface area (Å²) >= 11 is 5.37. The lowest BCUT2D eigenvalue weighted by molar-refractivity contribution is 0.108. The molecule has 1 unspecified atom stereocenters. The highest BCUT2D eigenvalue weighted by Gasteiger charge is 2.23. The van der Waals surface area contributed by atoms with Crippen molar-refractivity contribution in [1.29, 1.82) is 0 Å². The number of hydrogen-bond acceptors (Lipinski definition) is 3. The van der Waals surface area contributed by atoms with Gasteiger partial charge in [-0.15, -0.1) is 0 Å².